The second kappa shape index (κ2) is 10.2. The maximum absolute atomic E-state index is 5.13. The minimum atomic E-state index is 0.508. The van der Waals surface area contributed by atoms with Crippen molar-refractivity contribution in [2.45, 2.75) is 82.7 Å². The molecule has 0 radical (unpaired) electrons. The zero-order valence-corrected chi connectivity index (χ0v) is 21.1. The highest BCUT2D eigenvalue weighted by Crippen LogP contribution is 2.35. The van der Waals surface area contributed by atoms with E-state index < -0.39 is 0 Å². The first kappa shape index (κ1) is 22.4. The minimum Gasteiger partial charge on any atom is -0.365 e. The summed E-state index contributed by atoms with van der Waals surface area (Å²) in [5.74, 6) is 1.08. The lowest BCUT2D eigenvalue weighted by Gasteiger charge is -2.40. The summed E-state index contributed by atoms with van der Waals surface area (Å²) in [6.07, 6.45) is 14.9. The van der Waals surface area contributed by atoms with Crippen LogP contribution < -0.4 is 10.2 Å². The summed E-state index contributed by atoms with van der Waals surface area (Å²) in [5, 5.41) is 10.1. The lowest BCUT2D eigenvalue weighted by Crippen LogP contribution is -2.50. The zero-order chi connectivity index (χ0) is 22.7. The lowest BCUT2D eigenvalue weighted by atomic mass is 9.94. The molecule has 34 heavy (non-hydrogen) atoms. The van der Waals surface area contributed by atoms with Gasteiger partial charge in [-0.25, -0.2) is 4.98 Å². The third-order valence-corrected chi connectivity index (χ3v) is 9.08. The molecule has 3 aliphatic rings. The topological polar surface area (TPSA) is 48.7 Å². The maximum Gasteiger partial charge on any atom is 0.216 e. The van der Waals surface area contributed by atoms with Crippen LogP contribution in [0.3, 0.4) is 0 Å². The molecule has 3 heterocycles. The summed E-state index contributed by atoms with van der Waals surface area (Å²) in [4.78, 5) is 11.3. The Morgan fingerprint density at radius 3 is 2.21 bits per heavy atom. The van der Waals surface area contributed by atoms with Crippen LogP contribution in [0, 0.1) is 0 Å². The van der Waals surface area contributed by atoms with E-state index in [1.54, 1.807) is 11.3 Å². The molecule has 0 amide bonds. The number of fused-ring (bicyclic) bond motifs is 1. The van der Waals surface area contributed by atoms with Crippen molar-refractivity contribution in [1.29, 1.82) is 0 Å². The highest BCUT2D eigenvalue weighted by molar-refractivity contribution is 7.20. The molecular formula is C27H38N6S. The lowest BCUT2D eigenvalue weighted by molar-refractivity contribution is 0.148. The predicted molar refractivity (Wildman–Crippen MR) is 142 cm³/mol. The van der Waals surface area contributed by atoms with Crippen LogP contribution >= 0.6 is 11.3 Å². The number of imidazole rings is 1. The van der Waals surface area contributed by atoms with Gasteiger partial charge in [0.25, 0.3) is 0 Å². The minimum absolute atomic E-state index is 0.508. The van der Waals surface area contributed by atoms with Crippen molar-refractivity contribution < 1.29 is 0 Å². The first-order chi connectivity index (χ1) is 16.8. The van der Waals surface area contributed by atoms with Crippen molar-refractivity contribution in [3.05, 3.63) is 30.3 Å². The van der Waals surface area contributed by atoms with Gasteiger partial charge in [-0.1, -0.05) is 86.6 Å². The van der Waals surface area contributed by atoms with E-state index >= 15 is 0 Å². The van der Waals surface area contributed by atoms with Crippen LogP contribution in [0.1, 0.15) is 70.6 Å². The van der Waals surface area contributed by atoms with Gasteiger partial charge in [0.2, 0.25) is 10.1 Å². The van der Waals surface area contributed by atoms with Gasteiger partial charge in [0, 0.05) is 43.8 Å². The van der Waals surface area contributed by atoms with Gasteiger partial charge in [0.05, 0.1) is 0 Å². The molecule has 7 heteroatoms. The summed E-state index contributed by atoms with van der Waals surface area (Å²) >= 11 is 1.74. The molecule has 1 saturated heterocycles. The van der Waals surface area contributed by atoms with Crippen LogP contribution in [-0.4, -0.2) is 57.8 Å². The Bertz CT molecular complexity index is 1050. The van der Waals surface area contributed by atoms with E-state index in [-0.39, 0.29) is 0 Å². The molecule has 3 aromatic rings. The molecule has 6 rings (SSSR count). The molecule has 1 aliphatic heterocycles. The van der Waals surface area contributed by atoms with Gasteiger partial charge in [-0.15, -0.1) is 5.10 Å². The Balaban J connectivity index is 1.24. The van der Waals surface area contributed by atoms with Crippen LogP contribution in [0.15, 0.2) is 30.3 Å². The summed E-state index contributed by atoms with van der Waals surface area (Å²) in [6.45, 7) is 4.47. The van der Waals surface area contributed by atoms with E-state index in [2.05, 4.69) is 50.0 Å². The number of nitrogens with zero attached hydrogens (tertiary/aromatic N) is 5. The number of aromatic nitrogens is 3. The standard InChI is InChI=1S/C27H38N6S/c1-2-8-14-22(13-7-1)28-25-24(21-11-5-3-6-12-21)29-26-33(25)30-27(34-26)32-19-17-31(18-20-32)23-15-9-4-10-16-23/h3,5-6,11-12,22-23,28H,1-2,4,7-10,13-20H2. The second-order valence-electron chi connectivity index (χ2n) is 10.4. The van der Waals surface area contributed by atoms with Crippen molar-refractivity contribution in [3.8, 4) is 11.3 Å². The van der Waals surface area contributed by atoms with Gasteiger partial charge in [0.1, 0.15) is 5.69 Å². The maximum atomic E-state index is 5.13. The van der Waals surface area contributed by atoms with E-state index in [4.69, 9.17) is 10.1 Å². The molecule has 182 valence electrons. The molecule has 0 bridgehead atoms. The van der Waals surface area contributed by atoms with Crippen LogP contribution in [0.25, 0.3) is 16.2 Å². The van der Waals surface area contributed by atoms with Crippen molar-refractivity contribution in [3.63, 3.8) is 0 Å². The van der Waals surface area contributed by atoms with Crippen LogP contribution in [0.2, 0.25) is 0 Å². The van der Waals surface area contributed by atoms with Gasteiger partial charge in [0.15, 0.2) is 5.82 Å². The quantitative estimate of drug-likeness (QED) is 0.453. The largest absolute Gasteiger partial charge is 0.365 e. The number of hydrogen-bond acceptors (Lipinski definition) is 6. The van der Waals surface area contributed by atoms with E-state index in [1.165, 1.54) is 76.2 Å². The Morgan fingerprint density at radius 2 is 1.47 bits per heavy atom. The second-order valence-corrected chi connectivity index (χ2v) is 11.3. The average molecular weight is 479 g/mol. The van der Waals surface area contributed by atoms with Gasteiger partial charge in [-0.05, 0) is 25.7 Å². The Hall–Kier alpha value is -2.12. The van der Waals surface area contributed by atoms with Gasteiger partial charge in [-0.2, -0.15) is 4.52 Å². The number of rotatable bonds is 5. The molecule has 0 atom stereocenters. The fourth-order valence-corrected chi connectivity index (χ4v) is 7.09. The molecule has 1 aromatic carbocycles. The van der Waals surface area contributed by atoms with Crippen molar-refractivity contribution in [1.82, 2.24) is 19.5 Å². The Morgan fingerprint density at radius 1 is 0.794 bits per heavy atom. The predicted octanol–water partition coefficient (Wildman–Crippen LogP) is 6.05. The Labute approximate surface area is 207 Å². The molecule has 0 unspecified atom stereocenters. The fraction of sp³-hybridized carbons (Fsp3) is 0.630. The van der Waals surface area contributed by atoms with Crippen molar-refractivity contribution in [2.75, 3.05) is 36.4 Å². The van der Waals surface area contributed by atoms with Crippen molar-refractivity contribution in [2.24, 2.45) is 0 Å². The van der Waals surface area contributed by atoms with Crippen LogP contribution in [0.5, 0.6) is 0 Å². The van der Waals surface area contributed by atoms with E-state index in [0.29, 0.717) is 6.04 Å². The van der Waals surface area contributed by atoms with Crippen molar-refractivity contribution >= 4 is 27.2 Å². The van der Waals surface area contributed by atoms with E-state index in [0.717, 1.165) is 53.8 Å². The third-order valence-electron chi connectivity index (χ3n) is 8.11. The number of nitrogens with one attached hydrogen (secondary N) is 1. The highest BCUT2D eigenvalue weighted by Gasteiger charge is 2.28. The number of hydrogen-bond donors (Lipinski definition) is 1. The monoisotopic (exact) mass is 478 g/mol. The average Bonchev–Trinajstić information content (AvgIpc) is 3.34. The molecule has 2 aliphatic carbocycles. The van der Waals surface area contributed by atoms with Crippen LogP contribution in [0.4, 0.5) is 10.9 Å². The summed E-state index contributed by atoms with van der Waals surface area (Å²) in [5.41, 5.74) is 2.20. The molecular weight excluding hydrogens is 440 g/mol. The molecule has 2 aromatic heterocycles. The molecule has 1 N–H and O–H groups in total. The first-order valence-corrected chi connectivity index (χ1v) is 14.4. The molecule has 0 spiro atoms. The van der Waals surface area contributed by atoms with E-state index in [1.807, 2.05) is 0 Å². The van der Waals surface area contributed by atoms with Gasteiger partial charge >= 0.3 is 0 Å². The van der Waals surface area contributed by atoms with Gasteiger partial charge in [-0.3, -0.25) is 4.90 Å². The molecule has 6 nitrogen and oxygen atoms in total. The fourth-order valence-electron chi connectivity index (χ4n) is 6.13. The van der Waals surface area contributed by atoms with Gasteiger partial charge < -0.3 is 10.2 Å². The molecule has 2 saturated carbocycles. The SMILES string of the molecule is c1ccc(-c2nc3sc(N4CCN(C5CCCCC5)CC4)nn3c2NC2CCCCCC2)cc1. The summed E-state index contributed by atoms with van der Waals surface area (Å²) < 4.78 is 2.10. The number of benzene rings is 1. The van der Waals surface area contributed by atoms with E-state index in [9.17, 15) is 0 Å². The molecule has 3 fully saturated rings. The Kier molecular flexibility index (Phi) is 6.73. The summed E-state index contributed by atoms with van der Waals surface area (Å²) in [6, 6.07) is 11.9. The zero-order valence-electron chi connectivity index (χ0n) is 20.3. The smallest absolute Gasteiger partial charge is 0.216 e. The third kappa shape index (κ3) is 4.69. The van der Waals surface area contributed by atoms with Crippen LogP contribution in [-0.2, 0) is 0 Å². The highest BCUT2D eigenvalue weighted by atomic mass is 32.1. The number of anilines is 2. The summed E-state index contributed by atoms with van der Waals surface area (Å²) in [7, 11) is 0. The number of piperazine rings is 1. The normalized spacial score (nSPS) is 21.7. The first-order valence-electron chi connectivity index (χ1n) is 13.6.